The lowest BCUT2D eigenvalue weighted by Crippen LogP contribution is -2.26. The van der Waals surface area contributed by atoms with E-state index >= 15 is 0 Å². The standard InChI is InChI=1S/C19H20BrClN2O3S/c1-3-26-18-11-13(7-8-16(18)20)27(24,25)22-10-9-14-12(2)23-19-15(14)5-4-6-17(19)21/h4-8,11,22-23H,3,9-10H2,1-2H3. The summed E-state index contributed by atoms with van der Waals surface area (Å²) in [6.07, 6.45) is 0.556. The number of benzene rings is 2. The van der Waals surface area contributed by atoms with Crippen LogP contribution in [0.1, 0.15) is 18.2 Å². The molecule has 0 saturated heterocycles. The molecule has 0 spiro atoms. The van der Waals surface area contributed by atoms with Crippen LogP contribution in [0.15, 0.2) is 45.8 Å². The molecule has 3 aromatic rings. The highest BCUT2D eigenvalue weighted by Crippen LogP contribution is 2.29. The monoisotopic (exact) mass is 470 g/mol. The molecule has 0 bridgehead atoms. The average molecular weight is 472 g/mol. The van der Waals surface area contributed by atoms with E-state index in [9.17, 15) is 8.42 Å². The van der Waals surface area contributed by atoms with Crippen LogP contribution in [0.4, 0.5) is 0 Å². The van der Waals surface area contributed by atoms with Crippen LogP contribution in [-0.4, -0.2) is 26.6 Å². The Morgan fingerprint density at radius 1 is 1.26 bits per heavy atom. The molecule has 0 aliphatic heterocycles. The number of aromatic amines is 1. The van der Waals surface area contributed by atoms with Crippen LogP contribution >= 0.6 is 27.5 Å². The third kappa shape index (κ3) is 4.32. The van der Waals surface area contributed by atoms with Crippen LogP contribution in [0.25, 0.3) is 10.9 Å². The molecule has 3 rings (SSSR count). The largest absolute Gasteiger partial charge is 0.493 e. The number of hydrogen-bond donors (Lipinski definition) is 2. The molecule has 144 valence electrons. The molecule has 0 radical (unpaired) electrons. The molecule has 0 aliphatic rings. The third-order valence-corrected chi connectivity index (χ3v) is 6.71. The third-order valence-electron chi connectivity index (χ3n) is 4.28. The predicted molar refractivity (Wildman–Crippen MR) is 112 cm³/mol. The zero-order valence-corrected chi connectivity index (χ0v) is 18.1. The van der Waals surface area contributed by atoms with Crippen LogP contribution in [0.2, 0.25) is 5.02 Å². The lowest BCUT2D eigenvalue weighted by Gasteiger charge is -2.10. The number of halogens is 2. The molecule has 0 amide bonds. The second kappa shape index (κ2) is 8.22. The van der Waals surface area contributed by atoms with Crippen molar-refractivity contribution in [1.29, 1.82) is 0 Å². The van der Waals surface area contributed by atoms with E-state index in [0.717, 1.165) is 26.6 Å². The summed E-state index contributed by atoms with van der Waals surface area (Å²) in [4.78, 5) is 3.45. The number of hydrogen-bond acceptors (Lipinski definition) is 3. The molecular formula is C19H20BrClN2O3S. The van der Waals surface area contributed by atoms with Gasteiger partial charge >= 0.3 is 0 Å². The first-order chi connectivity index (χ1) is 12.8. The van der Waals surface area contributed by atoms with Gasteiger partial charge in [-0.05, 0) is 60.0 Å². The molecule has 0 atom stereocenters. The minimum absolute atomic E-state index is 0.174. The van der Waals surface area contributed by atoms with Crippen LogP contribution in [-0.2, 0) is 16.4 Å². The summed E-state index contributed by atoms with van der Waals surface area (Å²) in [5, 5.41) is 1.67. The molecule has 1 heterocycles. The van der Waals surface area contributed by atoms with Crippen molar-refractivity contribution >= 4 is 48.5 Å². The fourth-order valence-electron chi connectivity index (χ4n) is 3.00. The van der Waals surface area contributed by atoms with Gasteiger partial charge in [0.25, 0.3) is 0 Å². The van der Waals surface area contributed by atoms with Gasteiger partial charge in [0.1, 0.15) is 5.75 Å². The van der Waals surface area contributed by atoms with Crippen LogP contribution < -0.4 is 9.46 Å². The van der Waals surface area contributed by atoms with Crippen molar-refractivity contribution in [2.45, 2.75) is 25.2 Å². The Hall–Kier alpha value is -1.54. The maximum Gasteiger partial charge on any atom is 0.240 e. The van der Waals surface area contributed by atoms with Crippen LogP contribution in [0.5, 0.6) is 5.75 Å². The molecule has 5 nitrogen and oxygen atoms in total. The first-order valence-corrected chi connectivity index (χ1v) is 11.2. The fraction of sp³-hybridized carbons (Fsp3) is 0.263. The first-order valence-electron chi connectivity index (χ1n) is 8.51. The molecule has 8 heteroatoms. The summed E-state index contributed by atoms with van der Waals surface area (Å²) in [5.74, 6) is 0.502. The number of nitrogens with one attached hydrogen (secondary N) is 2. The van der Waals surface area contributed by atoms with Gasteiger partial charge in [0, 0.05) is 23.7 Å². The van der Waals surface area contributed by atoms with Gasteiger partial charge in [-0.15, -0.1) is 0 Å². The Kier molecular flexibility index (Phi) is 6.15. The minimum atomic E-state index is -3.63. The number of para-hydroxylation sites is 1. The summed E-state index contributed by atoms with van der Waals surface area (Å²) in [5.41, 5.74) is 2.92. The van der Waals surface area contributed by atoms with Gasteiger partial charge in [-0.1, -0.05) is 23.7 Å². The average Bonchev–Trinajstić information content (AvgIpc) is 2.94. The SMILES string of the molecule is CCOc1cc(S(=O)(=O)NCCc2c(C)[nH]c3c(Cl)cccc23)ccc1Br. The first kappa shape index (κ1) is 20.2. The molecule has 0 aliphatic carbocycles. The summed E-state index contributed by atoms with van der Waals surface area (Å²) < 4.78 is 34.1. The predicted octanol–water partition coefficient (Wildman–Crippen LogP) is 4.81. The number of H-pyrrole nitrogens is 1. The van der Waals surface area contributed by atoms with Crippen molar-refractivity contribution in [2.75, 3.05) is 13.2 Å². The highest BCUT2D eigenvalue weighted by atomic mass is 79.9. The lowest BCUT2D eigenvalue weighted by molar-refractivity contribution is 0.337. The van der Waals surface area contributed by atoms with E-state index in [0.29, 0.717) is 23.8 Å². The second-order valence-corrected chi connectivity index (χ2v) is 9.09. The van der Waals surface area contributed by atoms with Crippen molar-refractivity contribution in [3.8, 4) is 5.75 Å². The van der Waals surface area contributed by atoms with Crippen molar-refractivity contribution in [3.05, 3.63) is 57.2 Å². The van der Waals surface area contributed by atoms with Gasteiger partial charge in [0.05, 0.1) is 26.5 Å². The van der Waals surface area contributed by atoms with Gasteiger partial charge < -0.3 is 9.72 Å². The topological polar surface area (TPSA) is 71.2 Å². The maximum absolute atomic E-state index is 12.6. The number of fused-ring (bicyclic) bond motifs is 1. The summed E-state index contributed by atoms with van der Waals surface area (Å²) >= 11 is 9.58. The molecule has 1 aromatic heterocycles. The Labute approximate surface area is 172 Å². The highest BCUT2D eigenvalue weighted by Gasteiger charge is 2.17. The molecule has 27 heavy (non-hydrogen) atoms. The Bertz CT molecular complexity index is 1080. The quantitative estimate of drug-likeness (QED) is 0.519. The zero-order valence-electron chi connectivity index (χ0n) is 15.0. The van der Waals surface area contributed by atoms with E-state index in [2.05, 4.69) is 25.6 Å². The van der Waals surface area contributed by atoms with Gasteiger partial charge in [0.2, 0.25) is 10.0 Å². The van der Waals surface area contributed by atoms with Gasteiger partial charge in [-0.25, -0.2) is 13.1 Å². The maximum atomic E-state index is 12.6. The second-order valence-electron chi connectivity index (χ2n) is 6.06. The molecule has 2 N–H and O–H groups in total. The van der Waals surface area contributed by atoms with Crippen molar-refractivity contribution in [2.24, 2.45) is 0 Å². The molecular weight excluding hydrogens is 452 g/mol. The number of rotatable bonds is 7. The zero-order chi connectivity index (χ0) is 19.6. The van der Waals surface area contributed by atoms with Crippen molar-refractivity contribution < 1.29 is 13.2 Å². The van der Waals surface area contributed by atoms with Crippen molar-refractivity contribution in [3.63, 3.8) is 0 Å². The van der Waals surface area contributed by atoms with E-state index in [1.54, 1.807) is 12.1 Å². The fourth-order valence-corrected chi connectivity index (χ4v) is 4.63. The van der Waals surface area contributed by atoms with Crippen LogP contribution in [0, 0.1) is 6.92 Å². The molecule has 0 fully saturated rings. The molecule has 0 saturated carbocycles. The lowest BCUT2D eigenvalue weighted by atomic mass is 10.1. The van der Waals surface area contributed by atoms with E-state index in [1.807, 2.05) is 32.0 Å². The van der Waals surface area contributed by atoms with Gasteiger partial charge in [-0.3, -0.25) is 0 Å². The Morgan fingerprint density at radius 2 is 2.04 bits per heavy atom. The van der Waals surface area contributed by atoms with Gasteiger partial charge in [0.15, 0.2) is 0 Å². The number of aryl methyl sites for hydroxylation is 1. The van der Waals surface area contributed by atoms with E-state index in [-0.39, 0.29) is 11.4 Å². The van der Waals surface area contributed by atoms with E-state index in [1.165, 1.54) is 6.07 Å². The normalized spacial score (nSPS) is 11.9. The van der Waals surface area contributed by atoms with Gasteiger partial charge in [-0.2, -0.15) is 0 Å². The number of sulfonamides is 1. The summed E-state index contributed by atoms with van der Waals surface area (Å²) in [6.45, 7) is 4.55. The number of aromatic nitrogens is 1. The van der Waals surface area contributed by atoms with E-state index in [4.69, 9.17) is 16.3 Å². The molecule has 0 unspecified atom stereocenters. The Morgan fingerprint density at radius 3 is 2.78 bits per heavy atom. The number of ether oxygens (including phenoxy) is 1. The summed E-state index contributed by atoms with van der Waals surface area (Å²) in [7, 11) is -3.63. The highest BCUT2D eigenvalue weighted by molar-refractivity contribution is 9.10. The summed E-state index contributed by atoms with van der Waals surface area (Å²) in [6, 6.07) is 10.4. The molecule has 2 aromatic carbocycles. The van der Waals surface area contributed by atoms with E-state index < -0.39 is 10.0 Å². The van der Waals surface area contributed by atoms with Crippen molar-refractivity contribution in [1.82, 2.24) is 9.71 Å². The smallest absolute Gasteiger partial charge is 0.240 e. The Balaban J connectivity index is 1.76. The minimum Gasteiger partial charge on any atom is -0.493 e. The van der Waals surface area contributed by atoms with Crippen LogP contribution in [0.3, 0.4) is 0 Å².